The van der Waals surface area contributed by atoms with Crippen LogP contribution in [0.25, 0.3) is 0 Å². The van der Waals surface area contributed by atoms with Gasteiger partial charge in [0.15, 0.2) is 5.96 Å². The number of hydrogen-bond donors (Lipinski definition) is 2. The van der Waals surface area contributed by atoms with E-state index in [1.807, 2.05) is 7.05 Å². The van der Waals surface area contributed by atoms with Crippen LogP contribution < -0.4 is 15.4 Å². The van der Waals surface area contributed by atoms with Gasteiger partial charge >= 0.3 is 0 Å². The molecule has 160 valence electrons. The number of aliphatic imine (C=N–C) groups is 1. The van der Waals surface area contributed by atoms with Crippen molar-refractivity contribution in [1.82, 2.24) is 15.5 Å². The molecule has 1 fully saturated rings. The maximum atomic E-state index is 5.87. The van der Waals surface area contributed by atoms with Crippen molar-refractivity contribution >= 4 is 29.9 Å². The van der Waals surface area contributed by atoms with Gasteiger partial charge in [-0.3, -0.25) is 4.99 Å². The van der Waals surface area contributed by atoms with Crippen LogP contribution in [0.15, 0.2) is 23.2 Å². The second-order valence-corrected chi connectivity index (χ2v) is 7.21. The molecule has 2 N–H and O–H groups in total. The molecule has 1 aromatic carbocycles. The molecule has 0 spiro atoms. The summed E-state index contributed by atoms with van der Waals surface area (Å²) in [7, 11) is 3.50. The van der Waals surface area contributed by atoms with Crippen molar-refractivity contribution in [3.8, 4) is 5.75 Å². The Morgan fingerprint density at radius 3 is 2.82 bits per heavy atom. The minimum atomic E-state index is 0. The van der Waals surface area contributed by atoms with E-state index in [0.29, 0.717) is 25.7 Å². The Kier molecular flexibility index (Phi) is 12.5. The number of aryl methyl sites for hydroxylation is 1. The number of methoxy groups -OCH3 is 1. The van der Waals surface area contributed by atoms with Gasteiger partial charge in [0.25, 0.3) is 0 Å². The Bertz CT molecular complexity index is 598. The standard InChI is InChI=1S/C21H36N4O2.HI/c1-5-9-25-10-8-18(16-25)14-23-21(22-3)24-15-19-7-6-17(2)13-20(19)27-12-11-26-4;/h6-7,13,18H,5,8-12,14-16H2,1-4H3,(H2,22,23,24);1H. The summed E-state index contributed by atoms with van der Waals surface area (Å²) in [6, 6.07) is 6.29. The van der Waals surface area contributed by atoms with Crippen molar-refractivity contribution in [3.63, 3.8) is 0 Å². The zero-order valence-electron chi connectivity index (χ0n) is 17.8. The molecule has 1 aliphatic heterocycles. The normalized spacial score (nSPS) is 17.3. The van der Waals surface area contributed by atoms with E-state index in [-0.39, 0.29) is 24.0 Å². The van der Waals surface area contributed by atoms with Crippen LogP contribution in [0.1, 0.15) is 30.9 Å². The fraction of sp³-hybridized carbons (Fsp3) is 0.667. The van der Waals surface area contributed by atoms with Gasteiger partial charge in [-0.2, -0.15) is 0 Å². The van der Waals surface area contributed by atoms with Gasteiger partial charge in [0.05, 0.1) is 6.61 Å². The van der Waals surface area contributed by atoms with Crippen LogP contribution in [0.5, 0.6) is 5.75 Å². The van der Waals surface area contributed by atoms with Crippen molar-refractivity contribution in [2.24, 2.45) is 10.9 Å². The van der Waals surface area contributed by atoms with E-state index in [2.05, 4.69) is 52.6 Å². The Morgan fingerprint density at radius 2 is 2.11 bits per heavy atom. The minimum absolute atomic E-state index is 0. The highest BCUT2D eigenvalue weighted by atomic mass is 127. The topological polar surface area (TPSA) is 58.1 Å². The molecule has 0 radical (unpaired) electrons. The number of ether oxygens (including phenoxy) is 2. The van der Waals surface area contributed by atoms with E-state index in [9.17, 15) is 0 Å². The zero-order valence-corrected chi connectivity index (χ0v) is 20.1. The van der Waals surface area contributed by atoms with Crippen LogP contribution in [-0.4, -0.2) is 64.4 Å². The summed E-state index contributed by atoms with van der Waals surface area (Å²) < 4.78 is 10.9. The molecule has 28 heavy (non-hydrogen) atoms. The minimum Gasteiger partial charge on any atom is -0.491 e. The average molecular weight is 504 g/mol. The van der Waals surface area contributed by atoms with Gasteiger partial charge in [-0.1, -0.05) is 19.1 Å². The molecule has 2 rings (SSSR count). The number of nitrogens with zero attached hydrogens (tertiary/aromatic N) is 2. The summed E-state index contributed by atoms with van der Waals surface area (Å²) >= 11 is 0. The van der Waals surface area contributed by atoms with Crippen molar-refractivity contribution in [2.45, 2.75) is 33.2 Å². The second-order valence-electron chi connectivity index (χ2n) is 7.21. The summed E-state index contributed by atoms with van der Waals surface area (Å²) in [5.41, 5.74) is 2.31. The van der Waals surface area contributed by atoms with E-state index in [1.165, 1.54) is 38.0 Å². The predicted molar refractivity (Wildman–Crippen MR) is 127 cm³/mol. The Hall–Kier alpha value is -1.06. The molecule has 0 aromatic heterocycles. The monoisotopic (exact) mass is 504 g/mol. The Balaban J connectivity index is 0.00000392. The summed E-state index contributed by atoms with van der Waals surface area (Å²) in [6.07, 6.45) is 2.49. The van der Waals surface area contributed by atoms with Crippen LogP contribution in [-0.2, 0) is 11.3 Å². The number of guanidine groups is 1. The molecule has 0 saturated carbocycles. The molecule has 1 aliphatic rings. The van der Waals surface area contributed by atoms with E-state index >= 15 is 0 Å². The van der Waals surface area contributed by atoms with Crippen molar-refractivity contribution in [1.29, 1.82) is 0 Å². The quantitative estimate of drug-likeness (QED) is 0.222. The third-order valence-corrected chi connectivity index (χ3v) is 4.91. The Labute approximate surface area is 187 Å². The number of halogens is 1. The number of rotatable bonds is 10. The molecule has 0 aliphatic carbocycles. The molecule has 1 aromatic rings. The maximum absolute atomic E-state index is 5.87. The molecule has 1 unspecified atom stereocenters. The molecule has 6 nitrogen and oxygen atoms in total. The van der Waals surface area contributed by atoms with E-state index < -0.39 is 0 Å². The van der Waals surface area contributed by atoms with Gasteiger partial charge in [0.2, 0.25) is 0 Å². The molecule has 1 heterocycles. The Morgan fingerprint density at radius 1 is 1.29 bits per heavy atom. The van der Waals surface area contributed by atoms with E-state index in [0.717, 1.165) is 23.8 Å². The van der Waals surface area contributed by atoms with Gasteiger partial charge in [0.1, 0.15) is 12.4 Å². The first-order valence-electron chi connectivity index (χ1n) is 10.0. The third kappa shape index (κ3) is 8.53. The molecular formula is C21H37IN4O2. The first-order valence-corrected chi connectivity index (χ1v) is 10.0. The van der Waals surface area contributed by atoms with E-state index in [1.54, 1.807) is 7.11 Å². The fourth-order valence-corrected chi connectivity index (χ4v) is 3.42. The number of nitrogens with one attached hydrogen (secondary N) is 2. The van der Waals surface area contributed by atoms with Gasteiger partial charge in [-0.25, -0.2) is 0 Å². The second kappa shape index (κ2) is 14.0. The average Bonchev–Trinajstić information content (AvgIpc) is 3.11. The number of hydrogen-bond acceptors (Lipinski definition) is 4. The zero-order chi connectivity index (χ0) is 19.5. The number of benzene rings is 1. The van der Waals surface area contributed by atoms with Gasteiger partial charge in [-0.15, -0.1) is 24.0 Å². The number of likely N-dealkylation sites (tertiary alicyclic amines) is 1. The van der Waals surface area contributed by atoms with Crippen molar-refractivity contribution in [3.05, 3.63) is 29.3 Å². The summed E-state index contributed by atoms with van der Waals surface area (Å²) in [5.74, 6) is 2.44. The highest BCUT2D eigenvalue weighted by Gasteiger charge is 2.21. The fourth-order valence-electron chi connectivity index (χ4n) is 3.42. The lowest BCUT2D eigenvalue weighted by Crippen LogP contribution is -2.40. The van der Waals surface area contributed by atoms with Crippen LogP contribution in [0.4, 0.5) is 0 Å². The van der Waals surface area contributed by atoms with Crippen molar-refractivity contribution in [2.75, 3.05) is 53.6 Å². The van der Waals surface area contributed by atoms with Crippen LogP contribution in [0, 0.1) is 12.8 Å². The SMILES string of the molecule is CCCN1CCC(CNC(=NC)NCc2ccc(C)cc2OCCOC)C1.I. The first kappa shape index (κ1) is 25.0. The van der Waals surface area contributed by atoms with Crippen LogP contribution in [0.3, 0.4) is 0 Å². The lowest BCUT2D eigenvalue weighted by atomic mass is 10.1. The molecule has 1 atom stereocenters. The first-order chi connectivity index (χ1) is 13.2. The summed E-state index contributed by atoms with van der Waals surface area (Å²) in [4.78, 5) is 6.92. The third-order valence-electron chi connectivity index (χ3n) is 4.91. The van der Waals surface area contributed by atoms with Crippen LogP contribution >= 0.6 is 24.0 Å². The molecule has 0 bridgehead atoms. The van der Waals surface area contributed by atoms with E-state index in [4.69, 9.17) is 9.47 Å². The highest BCUT2D eigenvalue weighted by molar-refractivity contribution is 14.0. The molecule has 0 amide bonds. The lowest BCUT2D eigenvalue weighted by Gasteiger charge is -2.18. The van der Waals surface area contributed by atoms with Crippen molar-refractivity contribution < 1.29 is 9.47 Å². The lowest BCUT2D eigenvalue weighted by molar-refractivity contribution is 0.145. The summed E-state index contributed by atoms with van der Waals surface area (Å²) in [6.45, 7) is 10.7. The highest BCUT2D eigenvalue weighted by Crippen LogP contribution is 2.20. The van der Waals surface area contributed by atoms with Gasteiger partial charge < -0.3 is 25.0 Å². The largest absolute Gasteiger partial charge is 0.491 e. The summed E-state index contributed by atoms with van der Waals surface area (Å²) in [5, 5.41) is 6.89. The van der Waals surface area contributed by atoms with Crippen LogP contribution in [0.2, 0.25) is 0 Å². The molecule has 7 heteroatoms. The molecular weight excluding hydrogens is 467 g/mol. The predicted octanol–water partition coefficient (Wildman–Crippen LogP) is 3.04. The van der Waals surface area contributed by atoms with Gasteiger partial charge in [0, 0.05) is 39.4 Å². The van der Waals surface area contributed by atoms with Gasteiger partial charge in [-0.05, 0) is 50.4 Å². The maximum Gasteiger partial charge on any atom is 0.191 e. The molecule has 1 saturated heterocycles. The smallest absolute Gasteiger partial charge is 0.191 e.